The zero-order valence-corrected chi connectivity index (χ0v) is 8.04. The number of nitrogens with two attached hydrogens (primary N) is 1. The molecule has 2 rings (SSSR count). The monoisotopic (exact) mass is 209 g/mol. The van der Waals surface area contributed by atoms with E-state index in [1.807, 2.05) is 0 Å². The van der Waals surface area contributed by atoms with E-state index in [2.05, 4.69) is 5.10 Å². The maximum absolute atomic E-state index is 13.0. The molecule has 1 aromatic carbocycles. The molecule has 0 amide bonds. The number of nitrogen functional groups attached to an aromatic ring is 1. The van der Waals surface area contributed by atoms with Gasteiger partial charge < -0.3 is 5.73 Å². The Morgan fingerprint density at radius 3 is 2.47 bits per heavy atom. The van der Waals surface area contributed by atoms with E-state index in [-0.39, 0.29) is 0 Å². The summed E-state index contributed by atoms with van der Waals surface area (Å²) in [6.45, 7) is 0. The van der Waals surface area contributed by atoms with Crippen molar-refractivity contribution in [1.29, 1.82) is 0 Å². The van der Waals surface area contributed by atoms with Crippen LogP contribution in [0.2, 0.25) is 0 Å². The van der Waals surface area contributed by atoms with Gasteiger partial charge in [-0.2, -0.15) is 5.10 Å². The molecule has 1 heterocycles. The average Bonchev–Trinajstić information content (AvgIpc) is 2.50. The van der Waals surface area contributed by atoms with Gasteiger partial charge in [0, 0.05) is 18.7 Å². The highest BCUT2D eigenvalue weighted by atomic mass is 19.2. The number of halogens is 2. The van der Waals surface area contributed by atoms with Gasteiger partial charge in [-0.25, -0.2) is 8.78 Å². The van der Waals surface area contributed by atoms with Crippen molar-refractivity contribution in [2.45, 2.75) is 0 Å². The molecule has 1 aromatic heterocycles. The van der Waals surface area contributed by atoms with E-state index < -0.39 is 11.6 Å². The normalized spacial score (nSPS) is 10.6. The smallest absolute Gasteiger partial charge is 0.159 e. The molecule has 0 bridgehead atoms. The van der Waals surface area contributed by atoms with Gasteiger partial charge in [-0.1, -0.05) is 0 Å². The van der Waals surface area contributed by atoms with Crippen LogP contribution in [-0.4, -0.2) is 9.78 Å². The Labute approximate surface area is 85.1 Å². The summed E-state index contributed by atoms with van der Waals surface area (Å²) in [5.74, 6) is -1.40. The fourth-order valence-corrected chi connectivity index (χ4v) is 1.42. The lowest BCUT2D eigenvalue weighted by Gasteiger charge is -2.01. The largest absolute Gasteiger partial charge is 0.382 e. The lowest BCUT2D eigenvalue weighted by molar-refractivity contribution is 0.509. The van der Waals surface area contributed by atoms with Gasteiger partial charge in [0.1, 0.15) is 5.82 Å². The number of nitrogens with zero attached hydrogens (tertiary/aromatic N) is 2. The predicted octanol–water partition coefficient (Wildman–Crippen LogP) is 1.95. The van der Waals surface area contributed by atoms with E-state index in [4.69, 9.17) is 5.73 Å². The molecule has 0 aliphatic heterocycles. The Balaban J connectivity index is 2.54. The first-order valence-electron chi connectivity index (χ1n) is 4.33. The molecule has 0 atom stereocenters. The Bertz CT molecular complexity index is 505. The molecule has 15 heavy (non-hydrogen) atoms. The van der Waals surface area contributed by atoms with E-state index >= 15 is 0 Å². The molecule has 0 radical (unpaired) electrons. The molecule has 5 heteroatoms. The van der Waals surface area contributed by atoms with Crippen LogP contribution in [0.25, 0.3) is 11.3 Å². The highest BCUT2D eigenvalue weighted by molar-refractivity contribution is 5.62. The van der Waals surface area contributed by atoms with Gasteiger partial charge in [-0.15, -0.1) is 0 Å². The standard InChI is InChI=1S/C10H9F2N3/c1-15-9(5-10(13)14-15)6-2-3-7(11)8(12)4-6/h2-5H,1H3,(H2,13,14). The van der Waals surface area contributed by atoms with Crippen molar-refractivity contribution in [3.05, 3.63) is 35.9 Å². The molecule has 78 valence electrons. The molecule has 2 aromatic rings. The fourth-order valence-electron chi connectivity index (χ4n) is 1.42. The van der Waals surface area contributed by atoms with Crippen LogP contribution in [-0.2, 0) is 7.05 Å². The molecule has 0 fully saturated rings. The Morgan fingerprint density at radius 1 is 1.20 bits per heavy atom. The van der Waals surface area contributed by atoms with Crippen molar-refractivity contribution >= 4 is 5.82 Å². The SMILES string of the molecule is Cn1nc(N)cc1-c1ccc(F)c(F)c1. The van der Waals surface area contributed by atoms with Crippen molar-refractivity contribution < 1.29 is 8.78 Å². The van der Waals surface area contributed by atoms with Crippen LogP contribution in [0.3, 0.4) is 0 Å². The van der Waals surface area contributed by atoms with Crippen molar-refractivity contribution in [2.75, 3.05) is 5.73 Å². The molecule has 0 saturated heterocycles. The van der Waals surface area contributed by atoms with Gasteiger partial charge in [-0.3, -0.25) is 4.68 Å². The zero-order chi connectivity index (χ0) is 11.0. The average molecular weight is 209 g/mol. The second kappa shape index (κ2) is 3.34. The number of hydrogen-bond acceptors (Lipinski definition) is 2. The number of aryl methyl sites for hydroxylation is 1. The van der Waals surface area contributed by atoms with E-state index in [0.717, 1.165) is 12.1 Å². The van der Waals surface area contributed by atoms with Crippen LogP contribution in [0.4, 0.5) is 14.6 Å². The molecule has 0 spiro atoms. The van der Waals surface area contributed by atoms with Crippen LogP contribution in [0, 0.1) is 11.6 Å². The Hall–Kier alpha value is -1.91. The predicted molar refractivity (Wildman–Crippen MR) is 53.0 cm³/mol. The molecule has 0 saturated carbocycles. The van der Waals surface area contributed by atoms with Gasteiger partial charge in [-0.05, 0) is 18.2 Å². The van der Waals surface area contributed by atoms with Gasteiger partial charge in [0.2, 0.25) is 0 Å². The van der Waals surface area contributed by atoms with Gasteiger partial charge in [0.25, 0.3) is 0 Å². The van der Waals surface area contributed by atoms with E-state index in [9.17, 15) is 8.78 Å². The van der Waals surface area contributed by atoms with Crippen LogP contribution in [0.1, 0.15) is 0 Å². The lowest BCUT2D eigenvalue weighted by Crippen LogP contribution is -1.95. The number of hydrogen-bond donors (Lipinski definition) is 1. The third kappa shape index (κ3) is 1.68. The molecule has 3 nitrogen and oxygen atoms in total. The van der Waals surface area contributed by atoms with E-state index in [1.165, 1.54) is 10.7 Å². The summed E-state index contributed by atoms with van der Waals surface area (Å²) in [6, 6.07) is 5.28. The molecule has 0 aliphatic rings. The van der Waals surface area contributed by atoms with E-state index in [0.29, 0.717) is 17.1 Å². The lowest BCUT2D eigenvalue weighted by atomic mass is 10.1. The summed E-state index contributed by atoms with van der Waals surface area (Å²) >= 11 is 0. The molecule has 0 aliphatic carbocycles. The third-order valence-corrected chi connectivity index (χ3v) is 2.11. The summed E-state index contributed by atoms with van der Waals surface area (Å²) in [7, 11) is 1.69. The molecule has 0 unspecified atom stereocenters. The summed E-state index contributed by atoms with van der Waals surface area (Å²) < 4.78 is 27.2. The summed E-state index contributed by atoms with van der Waals surface area (Å²) in [4.78, 5) is 0. The summed E-state index contributed by atoms with van der Waals surface area (Å²) in [5.41, 5.74) is 6.67. The van der Waals surface area contributed by atoms with Gasteiger partial charge in [0.15, 0.2) is 11.6 Å². The number of aromatic nitrogens is 2. The second-order valence-electron chi connectivity index (χ2n) is 3.21. The second-order valence-corrected chi connectivity index (χ2v) is 3.21. The Morgan fingerprint density at radius 2 is 1.93 bits per heavy atom. The van der Waals surface area contributed by atoms with Gasteiger partial charge >= 0.3 is 0 Å². The number of benzene rings is 1. The van der Waals surface area contributed by atoms with Crippen molar-refractivity contribution in [2.24, 2.45) is 7.05 Å². The molecular formula is C10H9F2N3. The minimum absolute atomic E-state index is 0.345. The number of anilines is 1. The minimum Gasteiger partial charge on any atom is -0.382 e. The number of rotatable bonds is 1. The highest BCUT2D eigenvalue weighted by Gasteiger charge is 2.08. The maximum atomic E-state index is 13.0. The van der Waals surface area contributed by atoms with Crippen molar-refractivity contribution in [3.8, 4) is 11.3 Å². The summed E-state index contributed by atoms with van der Waals surface area (Å²) in [6.07, 6.45) is 0. The van der Waals surface area contributed by atoms with Crippen LogP contribution < -0.4 is 5.73 Å². The molecular weight excluding hydrogens is 200 g/mol. The quantitative estimate of drug-likeness (QED) is 0.780. The first kappa shape index (κ1) is 9.64. The van der Waals surface area contributed by atoms with Crippen molar-refractivity contribution in [3.63, 3.8) is 0 Å². The molecule has 2 N–H and O–H groups in total. The van der Waals surface area contributed by atoms with Crippen LogP contribution in [0.15, 0.2) is 24.3 Å². The minimum atomic E-state index is -0.882. The first-order valence-corrected chi connectivity index (χ1v) is 4.33. The maximum Gasteiger partial charge on any atom is 0.159 e. The highest BCUT2D eigenvalue weighted by Crippen LogP contribution is 2.22. The summed E-state index contributed by atoms with van der Waals surface area (Å²) in [5, 5.41) is 3.92. The van der Waals surface area contributed by atoms with Crippen LogP contribution >= 0.6 is 0 Å². The Kier molecular flexibility index (Phi) is 2.15. The zero-order valence-electron chi connectivity index (χ0n) is 8.04. The van der Waals surface area contributed by atoms with Crippen molar-refractivity contribution in [1.82, 2.24) is 9.78 Å². The third-order valence-electron chi connectivity index (χ3n) is 2.11. The topological polar surface area (TPSA) is 43.8 Å². The van der Waals surface area contributed by atoms with Gasteiger partial charge in [0.05, 0.1) is 5.69 Å². The fraction of sp³-hybridized carbons (Fsp3) is 0.100. The van der Waals surface area contributed by atoms with E-state index in [1.54, 1.807) is 13.1 Å². The first-order chi connectivity index (χ1) is 7.08. The van der Waals surface area contributed by atoms with Crippen LogP contribution in [0.5, 0.6) is 0 Å².